The number of rotatable bonds is 7. The number of carbonyl (C=O) groups excluding carboxylic acids is 1. The van der Waals surface area contributed by atoms with Crippen molar-refractivity contribution in [3.8, 4) is 22.1 Å². The average Bonchev–Trinajstić information content (AvgIpc) is 3.13. The summed E-state index contributed by atoms with van der Waals surface area (Å²) in [6.45, 7) is 2.04. The molecule has 2 N–H and O–H groups in total. The molecule has 0 unspecified atom stereocenters. The molecule has 0 fully saturated rings. The molecule has 0 aliphatic carbocycles. The molecule has 3 aromatic rings. The topological polar surface area (TPSA) is 83.8 Å². The average molecular weight is 430 g/mol. The van der Waals surface area contributed by atoms with Crippen molar-refractivity contribution in [3.05, 3.63) is 63.6 Å². The lowest BCUT2D eigenvalue weighted by Crippen LogP contribution is -2.18. The normalized spacial score (nSPS) is 11.0. The smallest absolute Gasteiger partial charge is 0.283 e. The van der Waals surface area contributed by atoms with E-state index >= 15 is 0 Å². The van der Waals surface area contributed by atoms with Gasteiger partial charge in [0.2, 0.25) is 0 Å². The molecule has 1 aromatic heterocycles. The minimum atomic E-state index is -0.319. The second-order valence-electron chi connectivity index (χ2n) is 6.18. The number of hydrogen-bond acceptors (Lipinski definition) is 6. The van der Waals surface area contributed by atoms with Gasteiger partial charge in [-0.3, -0.25) is 4.79 Å². The number of carbonyl (C=O) groups is 1. The number of amides is 1. The molecule has 1 amide bonds. The van der Waals surface area contributed by atoms with E-state index in [1.807, 2.05) is 19.1 Å². The van der Waals surface area contributed by atoms with E-state index in [0.29, 0.717) is 27.6 Å². The fraction of sp³-hybridized carbons (Fsp3) is 0.190. The highest BCUT2D eigenvalue weighted by molar-refractivity contribution is 7.17. The molecule has 1 heterocycles. The van der Waals surface area contributed by atoms with E-state index in [9.17, 15) is 9.90 Å². The summed E-state index contributed by atoms with van der Waals surface area (Å²) >= 11 is 7.27. The van der Waals surface area contributed by atoms with E-state index < -0.39 is 0 Å². The van der Waals surface area contributed by atoms with Crippen molar-refractivity contribution >= 4 is 35.1 Å². The zero-order chi connectivity index (χ0) is 20.8. The van der Waals surface area contributed by atoms with Gasteiger partial charge in [-0.15, -0.1) is 11.3 Å². The Hall–Kier alpha value is -2.90. The highest BCUT2D eigenvalue weighted by atomic mass is 35.5. The van der Waals surface area contributed by atoms with Crippen LogP contribution in [-0.2, 0) is 6.42 Å². The predicted molar refractivity (Wildman–Crippen MR) is 116 cm³/mol. The van der Waals surface area contributed by atoms with Crippen LogP contribution < -0.4 is 10.2 Å². The summed E-state index contributed by atoms with van der Waals surface area (Å²) in [5.41, 5.74) is 4.82. The fourth-order valence-electron chi connectivity index (χ4n) is 2.65. The first kappa shape index (κ1) is 20.8. The molecule has 0 aliphatic heterocycles. The molecule has 6 nitrogen and oxygen atoms in total. The third-order valence-corrected chi connectivity index (χ3v) is 5.46. The number of aromatic hydroxyl groups is 1. The maximum atomic E-state index is 12.7. The molecule has 29 heavy (non-hydrogen) atoms. The number of hydrazone groups is 1. The Labute approximate surface area is 177 Å². The largest absolute Gasteiger partial charge is 0.504 e. The van der Waals surface area contributed by atoms with E-state index in [1.165, 1.54) is 30.7 Å². The number of aromatic nitrogens is 1. The predicted octanol–water partition coefficient (Wildman–Crippen LogP) is 4.89. The zero-order valence-corrected chi connectivity index (χ0v) is 17.5. The third kappa shape index (κ3) is 5.13. The van der Waals surface area contributed by atoms with E-state index in [2.05, 4.69) is 15.5 Å². The summed E-state index contributed by atoms with van der Waals surface area (Å²) in [7, 11) is 1.48. The Morgan fingerprint density at radius 3 is 2.72 bits per heavy atom. The fourth-order valence-corrected chi connectivity index (χ4v) is 3.79. The second kappa shape index (κ2) is 9.54. The van der Waals surface area contributed by atoms with Crippen molar-refractivity contribution in [3.63, 3.8) is 0 Å². The van der Waals surface area contributed by atoms with Gasteiger partial charge in [-0.2, -0.15) is 5.10 Å². The molecule has 3 rings (SSSR count). The number of ether oxygens (including phenoxy) is 1. The summed E-state index contributed by atoms with van der Waals surface area (Å²) < 4.78 is 5.00. The van der Waals surface area contributed by atoms with Crippen molar-refractivity contribution in [2.45, 2.75) is 19.8 Å². The Morgan fingerprint density at radius 1 is 1.31 bits per heavy atom. The lowest BCUT2D eigenvalue weighted by Gasteiger charge is -2.03. The quantitative estimate of drug-likeness (QED) is 0.413. The number of halogens is 1. The van der Waals surface area contributed by atoms with Crippen LogP contribution in [0.4, 0.5) is 0 Å². The highest BCUT2D eigenvalue weighted by Gasteiger charge is 2.18. The summed E-state index contributed by atoms with van der Waals surface area (Å²) in [5.74, 6) is 0.0537. The van der Waals surface area contributed by atoms with Crippen LogP contribution in [0.1, 0.15) is 34.3 Å². The van der Waals surface area contributed by atoms with Gasteiger partial charge in [0.15, 0.2) is 11.5 Å². The van der Waals surface area contributed by atoms with Gasteiger partial charge in [0.05, 0.1) is 19.0 Å². The van der Waals surface area contributed by atoms with Crippen LogP contribution in [0.3, 0.4) is 0 Å². The van der Waals surface area contributed by atoms with E-state index in [4.69, 9.17) is 16.3 Å². The summed E-state index contributed by atoms with van der Waals surface area (Å²) in [4.78, 5) is 17.8. The van der Waals surface area contributed by atoms with E-state index in [0.717, 1.165) is 22.7 Å². The van der Waals surface area contributed by atoms with Crippen LogP contribution >= 0.6 is 22.9 Å². The van der Waals surface area contributed by atoms with Crippen LogP contribution in [0.15, 0.2) is 47.6 Å². The first-order valence-electron chi connectivity index (χ1n) is 8.98. The van der Waals surface area contributed by atoms with Crippen LogP contribution in [0.5, 0.6) is 11.5 Å². The number of nitrogens with one attached hydrogen (secondary N) is 1. The minimum Gasteiger partial charge on any atom is -0.504 e. The van der Waals surface area contributed by atoms with E-state index in [1.54, 1.807) is 24.3 Å². The number of phenols is 1. The number of hydrogen-bond donors (Lipinski definition) is 2. The molecule has 0 saturated heterocycles. The second-order valence-corrected chi connectivity index (χ2v) is 7.62. The lowest BCUT2D eigenvalue weighted by molar-refractivity contribution is 0.0958. The maximum absolute atomic E-state index is 12.7. The number of methoxy groups -OCH3 is 1. The molecule has 0 bridgehead atoms. The Bertz CT molecular complexity index is 1030. The van der Waals surface area contributed by atoms with Gasteiger partial charge in [0.1, 0.15) is 9.88 Å². The Balaban J connectivity index is 1.77. The first-order chi connectivity index (χ1) is 14.0. The highest BCUT2D eigenvalue weighted by Crippen LogP contribution is 2.30. The number of benzene rings is 2. The summed E-state index contributed by atoms with van der Waals surface area (Å²) in [6.07, 6.45) is 3.03. The molecule has 0 saturated carbocycles. The SMILES string of the molecule is CCCc1nc(-c2ccc(Cl)cc2)sc1C(=O)N/N=C/c1ccc(OC)c(O)c1. The molecule has 0 aliphatic rings. The van der Waals surface area contributed by atoms with Gasteiger partial charge in [-0.05, 0) is 42.3 Å². The van der Waals surface area contributed by atoms with Gasteiger partial charge in [0.25, 0.3) is 5.91 Å². The van der Waals surface area contributed by atoms with Crippen molar-refractivity contribution < 1.29 is 14.6 Å². The van der Waals surface area contributed by atoms with Gasteiger partial charge in [-0.1, -0.05) is 37.1 Å². The molecular formula is C21H20ClN3O3S. The van der Waals surface area contributed by atoms with Crippen LogP contribution in [0.2, 0.25) is 5.02 Å². The molecule has 2 aromatic carbocycles. The number of aryl methyl sites for hydroxylation is 1. The van der Waals surface area contributed by atoms with Gasteiger partial charge in [-0.25, -0.2) is 10.4 Å². The number of phenolic OH excluding ortho intramolecular Hbond substituents is 1. The molecule has 0 spiro atoms. The van der Waals surface area contributed by atoms with Crippen LogP contribution in [-0.4, -0.2) is 29.3 Å². The molecular weight excluding hydrogens is 410 g/mol. The molecule has 0 radical (unpaired) electrons. The number of thiazole rings is 1. The van der Waals surface area contributed by atoms with Gasteiger partial charge < -0.3 is 9.84 Å². The lowest BCUT2D eigenvalue weighted by atomic mass is 10.2. The molecule has 8 heteroatoms. The summed E-state index contributed by atoms with van der Waals surface area (Å²) in [6, 6.07) is 12.2. The van der Waals surface area contributed by atoms with Crippen molar-refractivity contribution in [2.75, 3.05) is 7.11 Å². The molecule has 150 valence electrons. The van der Waals surface area contributed by atoms with Crippen molar-refractivity contribution in [1.29, 1.82) is 0 Å². The number of nitrogens with zero attached hydrogens (tertiary/aromatic N) is 2. The third-order valence-electron chi connectivity index (χ3n) is 4.06. The first-order valence-corrected chi connectivity index (χ1v) is 10.2. The van der Waals surface area contributed by atoms with Crippen LogP contribution in [0.25, 0.3) is 10.6 Å². The van der Waals surface area contributed by atoms with E-state index in [-0.39, 0.29) is 11.7 Å². The summed E-state index contributed by atoms with van der Waals surface area (Å²) in [5, 5.41) is 15.2. The standard InChI is InChI=1S/C21H20ClN3O3S/c1-3-4-16-19(29-21(24-16)14-6-8-15(22)9-7-14)20(27)25-23-12-13-5-10-18(28-2)17(26)11-13/h5-12,26H,3-4H2,1-2H3,(H,25,27)/b23-12+. The zero-order valence-electron chi connectivity index (χ0n) is 16.0. The Kier molecular flexibility index (Phi) is 6.85. The Morgan fingerprint density at radius 2 is 2.07 bits per heavy atom. The van der Waals surface area contributed by atoms with Crippen LogP contribution in [0, 0.1) is 0 Å². The van der Waals surface area contributed by atoms with Gasteiger partial charge in [0, 0.05) is 10.6 Å². The maximum Gasteiger partial charge on any atom is 0.283 e. The van der Waals surface area contributed by atoms with Crippen molar-refractivity contribution in [1.82, 2.24) is 10.4 Å². The monoisotopic (exact) mass is 429 g/mol. The van der Waals surface area contributed by atoms with Gasteiger partial charge >= 0.3 is 0 Å². The van der Waals surface area contributed by atoms with Crippen molar-refractivity contribution in [2.24, 2.45) is 5.10 Å². The minimum absolute atomic E-state index is 0.00284. The molecule has 0 atom stereocenters.